The van der Waals surface area contributed by atoms with E-state index in [0.29, 0.717) is 19.4 Å². The molecule has 1 unspecified atom stereocenters. The number of carbonyl (C=O) groups is 1. The number of nitrogens with one attached hydrogen (secondary N) is 1. The van der Waals surface area contributed by atoms with Gasteiger partial charge >= 0.3 is 0 Å². The monoisotopic (exact) mass is 388 g/mol. The number of aromatic nitrogens is 1. The van der Waals surface area contributed by atoms with Crippen LogP contribution >= 0.6 is 0 Å². The number of para-hydroxylation sites is 1. The highest BCUT2D eigenvalue weighted by molar-refractivity contribution is 5.92. The number of benzene rings is 2. The lowest BCUT2D eigenvalue weighted by atomic mass is 9.92. The molecule has 0 saturated heterocycles. The van der Waals surface area contributed by atoms with Crippen LogP contribution in [0, 0.1) is 0 Å². The molecule has 0 fully saturated rings. The number of fused-ring (bicyclic) bond motifs is 1. The van der Waals surface area contributed by atoms with Gasteiger partial charge in [0.15, 0.2) is 5.72 Å². The van der Waals surface area contributed by atoms with Crippen molar-refractivity contribution in [3.63, 3.8) is 0 Å². The molecule has 1 atom stereocenters. The Bertz CT molecular complexity index is 1020. The summed E-state index contributed by atoms with van der Waals surface area (Å²) in [7, 11) is 0. The van der Waals surface area contributed by atoms with Crippen molar-refractivity contribution in [3.8, 4) is 0 Å². The topological polar surface area (TPSA) is 56.3 Å². The zero-order valence-electron chi connectivity index (χ0n) is 16.9. The average Bonchev–Trinajstić information content (AvgIpc) is 3.24. The number of rotatable bonds is 8. The Labute approximate surface area is 171 Å². The molecule has 1 aromatic heterocycles. The average molecular weight is 389 g/mol. The summed E-state index contributed by atoms with van der Waals surface area (Å²) < 4.78 is 0. The number of aromatic amines is 1. The van der Waals surface area contributed by atoms with Gasteiger partial charge in [-0.15, -0.1) is 0 Å². The van der Waals surface area contributed by atoms with E-state index in [0.717, 1.165) is 41.5 Å². The SMILES string of the molecule is CCCCC1=CC(=O)N(CCc2c[nH]c3ccccc23)C1(O)Cc1ccccc1. The van der Waals surface area contributed by atoms with Gasteiger partial charge in [0.25, 0.3) is 0 Å². The first-order valence-electron chi connectivity index (χ1n) is 10.5. The minimum atomic E-state index is -1.25. The predicted octanol–water partition coefficient (Wildman–Crippen LogP) is 4.60. The first-order valence-corrected chi connectivity index (χ1v) is 10.5. The molecule has 0 aliphatic carbocycles. The Morgan fingerprint density at radius 1 is 1.03 bits per heavy atom. The molecule has 1 amide bonds. The Hall–Kier alpha value is -2.85. The van der Waals surface area contributed by atoms with Crippen LogP contribution in [0.5, 0.6) is 0 Å². The molecule has 4 nitrogen and oxygen atoms in total. The van der Waals surface area contributed by atoms with Crippen LogP contribution in [0.4, 0.5) is 0 Å². The second-order valence-electron chi connectivity index (χ2n) is 7.85. The van der Waals surface area contributed by atoms with E-state index in [1.54, 1.807) is 11.0 Å². The van der Waals surface area contributed by atoms with Crippen molar-refractivity contribution < 1.29 is 9.90 Å². The number of nitrogens with zero attached hydrogens (tertiary/aromatic N) is 1. The standard InChI is InChI=1S/C25H28N2O2/c1-2-3-11-21-16-24(28)27(25(21,29)17-19-9-5-4-6-10-19)15-14-20-18-26-23-13-8-7-12-22(20)23/h4-10,12-13,16,18,26,29H,2-3,11,14-15,17H2,1H3. The molecule has 1 aliphatic heterocycles. The molecule has 0 spiro atoms. The van der Waals surface area contributed by atoms with Gasteiger partial charge < -0.3 is 15.0 Å². The molecule has 2 N–H and O–H groups in total. The van der Waals surface area contributed by atoms with Crippen LogP contribution < -0.4 is 0 Å². The fourth-order valence-electron chi connectivity index (χ4n) is 4.29. The molecule has 0 saturated carbocycles. The van der Waals surface area contributed by atoms with Crippen LogP contribution in [0.15, 0.2) is 72.4 Å². The van der Waals surface area contributed by atoms with Crippen LogP contribution in [0.1, 0.15) is 37.3 Å². The molecule has 150 valence electrons. The van der Waals surface area contributed by atoms with Gasteiger partial charge in [0.2, 0.25) is 5.91 Å². The minimum Gasteiger partial charge on any atom is -0.367 e. The number of unbranched alkanes of at least 4 members (excludes halogenated alkanes) is 1. The summed E-state index contributed by atoms with van der Waals surface area (Å²) in [6, 6.07) is 18.1. The number of H-pyrrole nitrogens is 1. The van der Waals surface area contributed by atoms with Crippen LogP contribution in [0.2, 0.25) is 0 Å². The fourth-order valence-corrected chi connectivity index (χ4v) is 4.29. The summed E-state index contributed by atoms with van der Waals surface area (Å²) in [5.74, 6) is -0.0885. The lowest BCUT2D eigenvalue weighted by molar-refractivity contribution is -0.142. The van der Waals surface area contributed by atoms with E-state index in [4.69, 9.17) is 0 Å². The summed E-state index contributed by atoms with van der Waals surface area (Å²) in [6.45, 7) is 2.61. The normalized spacial score (nSPS) is 19.2. The summed E-state index contributed by atoms with van der Waals surface area (Å²) in [4.78, 5) is 17.8. The number of aliphatic hydroxyl groups is 1. The third kappa shape index (κ3) is 3.85. The molecule has 0 radical (unpaired) electrons. The number of carbonyl (C=O) groups excluding carboxylic acids is 1. The zero-order valence-corrected chi connectivity index (χ0v) is 16.9. The summed E-state index contributed by atoms with van der Waals surface area (Å²) >= 11 is 0. The predicted molar refractivity (Wildman–Crippen MR) is 116 cm³/mol. The fraction of sp³-hybridized carbons (Fsp3) is 0.320. The van der Waals surface area contributed by atoms with Gasteiger partial charge in [-0.05, 0) is 42.0 Å². The van der Waals surface area contributed by atoms with Crippen molar-refractivity contribution in [2.45, 2.75) is 44.8 Å². The molecular formula is C25H28N2O2. The first kappa shape index (κ1) is 19.5. The summed E-state index contributed by atoms with van der Waals surface area (Å²) in [5.41, 5.74) is 2.88. The lowest BCUT2D eigenvalue weighted by Crippen LogP contribution is -2.50. The van der Waals surface area contributed by atoms with Crippen molar-refractivity contribution >= 4 is 16.8 Å². The zero-order chi connectivity index (χ0) is 20.3. The molecule has 1 aliphatic rings. The van der Waals surface area contributed by atoms with Crippen LogP contribution in [0.3, 0.4) is 0 Å². The van der Waals surface area contributed by atoms with Crippen LogP contribution in [-0.4, -0.2) is 33.2 Å². The maximum atomic E-state index is 12.9. The van der Waals surface area contributed by atoms with E-state index in [9.17, 15) is 9.90 Å². The van der Waals surface area contributed by atoms with Gasteiger partial charge in [-0.1, -0.05) is 61.9 Å². The van der Waals surface area contributed by atoms with Crippen molar-refractivity contribution in [1.82, 2.24) is 9.88 Å². The maximum absolute atomic E-state index is 12.9. The minimum absolute atomic E-state index is 0.0885. The highest BCUT2D eigenvalue weighted by Gasteiger charge is 2.45. The molecule has 0 bridgehead atoms. The van der Waals surface area contributed by atoms with Crippen LogP contribution in [0.25, 0.3) is 10.9 Å². The van der Waals surface area contributed by atoms with E-state index in [1.165, 1.54) is 5.39 Å². The third-order valence-electron chi connectivity index (χ3n) is 5.90. The number of hydrogen-bond acceptors (Lipinski definition) is 2. The third-order valence-corrected chi connectivity index (χ3v) is 5.90. The number of hydrogen-bond donors (Lipinski definition) is 2. The maximum Gasteiger partial charge on any atom is 0.249 e. The molecule has 29 heavy (non-hydrogen) atoms. The van der Waals surface area contributed by atoms with E-state index in [1.807, 2.05) is 48.7 Å². The summed E-state index contributed by atoms with van der Waals surface area (Å²) in [6.07, 6.45) is 7.52. The van der Waals surface area contributed by atoms with Crippen molar-refractivity contribution in [3.05, 3.63) is 83.6 Å². The second kappa shape index (κ2) is 8.26. The Balaban J connectivity index is 1.58. The molecule has 4 heteroatoms. The van der Waals surface area contributed by atoms with Gasteiger partial charge in [-0.25, -0.2) is 0 Å². The van der Waals surface area contributed by atoms with Gasteiger partial charge in [0.1, 0.15) is 0 Å². The Morgan fingerprint density at radius 3 is 2.59 bits per heavy atom. The quantitative estimate of drug-likeness (QED) is 0.592. The largest absolute Gasteiger partial charge is 0.367 e. The smallest absolute Gasteiger partial charge is 0.249 e. The molecule has 4 rings (SSSR count). The Morgan fingerprint density at radius 2 is 1.79 bits per heavy atom. The Kier molecular flexibility index (Phi) is 5.54. The van der Waals surface area contributed by atoms with Gasteiger partial charge in [-0.2, -0.15) is 0 Å². The van der Waals surface area contributed by atoms with Crippen molar-refractivity contribution in [1.29, 1.82) is 0 Å². The van der Waals surface area contributed by atoms with Gasteiger partial charge in [-0.3, -0.25) is 4.79 Å². The summed E-state index contributed by atoms with van der Waals surface area (Å²) in [5, 5.41) is 12.9. The van der Waals surface area contributed by atoms with E-state index in [-0.39, 0.29) is 5.91 Å². The molecule has 2 heterocycles. The number of amides is 1. The highest BCUT2D eigenvalue weighted by atomic mass is 16.3. The van der Waals surface area contributed by atoms with Crippen molar-refractivity contribution in [2.24, 2.45) is 0 Å². The highest BCUT2D eigenvalue weighted by Crippen LogP contribution is 2.36. The van der Waals surface area contributed by atoms with E-state index < -0.39 is 5.72 Å². The van der Waals surface area contributed by atoms with Gasteiger partial charge in [0.05, 0.1) is 0 Å². The molecule has 2 aromatic carbocycles. The molecule has 3 aromatic rings. The van der Waals surface area contributed by atoms with Crippen molar-refractivity contribution in [2.75, 3.05) is 6.54 Å². The second-order valence-corrected chi connectivity index (χ2v) is 7.85. The molecular weight excluding hydrogens is 360 g/mol. The van der Waals surface area contributed by atoms with Crippen LogP contribution in [-0.2, 0) is 17.6 Å². The lowest BCUT2D eigenvalue weighted by Gasteiger charge is -2.37. The van der Waals surface area contributed by atoms with E-state index >= 15 is 0 Å². The van der Waals surface area contributed by atoms with E-state index in [2.05, 4.69) is 24.0 Å². The first-order chi connectivity index (χ1) is 14.1. The van der Waals surface area contributed by atoms with Gasteiger partial charge in [0, 0.05) is 36.1 Å².